The van der Waals surface area contributed by atoms with Crippen molar-refractivity contribution in [3.8, 4) is 0 Å². The highest BCUT2D eigenvalue weighted by Crippen LogP contribution is 1.70. The van der Waals surface area contributed by atoms with E-state index in [1.807, 2.05) is 5.43 Å². The van der Waals surface area contributed by atoms with Crippen LogP contribution >= 0.6 is 0 Å². The van der Waals surface area contributed by atoms with Crippen LogP contribution in [0.25, 0.3) is 0 Å². The third kappa shape index (κ3) is 3.42. The number of carbonyl (C=O) groups excluding carboxylic acids is 2. The van der Waals surface area contributed by atoms with E-state index < -0.39 is 11.9 Å². The largest absolute Gasteiger partial charge is 0.365 e. The molecule has 0 atom stereocenters. The molecule has 0 saturated heterocycles. The van der Waals surface area contributed by atoms with Gasteiger partial charge in [0, 0.05) is 0 Å². The quantitative estimate of drug-likeness (QED) is 0.324. The van der Waals surface area contributed by atoms with Gasteiger partial charge in [-0.05, 0) is 6.92 Å². The van der Waals surface area contributed by atoms with Crippen molar-refractivity contribution in [3.63, 3.8) is 0 Å². The van der Waals surface area contributed by atoms with E-state index in [2.05, 4.69) is 10.8 Å². The highest BCUT2D eigenvalue weighted by molar-refractivity contribution is 6.37. The zero-order valence-corrected chi connectivity index (χ0v) is 5.42. The molecule has 0 aliphatic carbocycles. The Hall–Kier alpha value is -1.59. The third-order valence-electron chi connectivity index (χ3n) is 0.690. The number of rotatable bonds is 2. The zero-order chi connectivity index (χ0) is 8.15. The molecule has 5 N–H and O–H groups in total. The second-order valence-electron chi connectivity index (χ2n) is 1.54. The molecule has 0 saturated carbocycles. The summed E-state index contributed by atoms with van der Waals surface area (Å²) < 4.78 is 0. The molecule has 0 fully saturated rings. The first-order valence-electron chi connectivity index (χ1n) is 2.43. The van der Waals surface area contributed by atoms with E-state index in [9.17, 15) is 9.59 Å². The lowest BCUT2D eigenvalue weighted by atomic mass is 10.4. The van der Waals surface area contributed by atoms with Gasteiger partial charge < -0.3 is 11.5 Å². The average molecular weight is 144 g/mol. The number of hydrazone groups is 1. The SMILES string of the molecule is C/C(=N\NC(N)=O)C(N)=O. The Kier molecular flexibility index (Phi) is 2.89. The van der Waals surface area contributed by atoms with Crippen LogP contribution < -0.4 is 16.9 Å². The van der Waals surface area contributed by atoms with Crippen LogP contribution in [0.3, 0.4) is 0 Å². The minimum Gasteiger partial charge on any atom is -0.365 e. The van der Waals surface area contributed by atoms with Crippen LogP contribution in [0.15, 0.2) is 5.10 Å². The topological polar surface area (TPSA) is 111 Å². The summed E-state index contributed by atoms with van der Waals surface area (Å²) in [6.45, 7) is 1.36. The van der Waals surface area contributed by atoms with Gasteiger partial charge in [-0.1, -0.05) is 0 Å². The fourth-order valence-electron chi connectivity index (χ4n) is 0.194. The summed E-state index contributed by atoms with van der Waals surface area (Å²) in [5, 5.41) is 3.24. The number of hydrogen-bond acceptors (Lipinski definition) is 3. The molecule has 56 valence electrons. The number of nitrogens with two attached hydrogens (primary N) is 2. The smallest absolute Gasteiger partial charge is 0.332 e. The van der Waals surface area contributed by atoms with Crippen LogP contribution in [0.2, 0.25) is 0 Å². The highest BCUT2D eigenvalue weighted by atomic mass is 16.2. The summed E-state index contributed by atoms with van der Waals surface area (Å²) in [6, 6.07) is -0.833. The van der Waals surface area contributed by atoms with Gasteiger partial charge in [0.15, 0.2) is 0 Å². The predicted molar refractivity (Wildman–Crippen MR) is 35.0 cm³/mol. The molecule has 0 aromatic heterocycles. The molecule has 0 aromatic rings. The van der Waals surface area contributed by atoms with Crippen molar-refractivity contribution >= 4 is 17.6 Å². The predicted octanol–water partition coefficient (Wildman–Crippen LogP) is -1.48. The van der Waals surface area contributed by atoms with Gasteiger partial charge in [-0.3, -0.25) is 4.79 Å². The fourth-order valence-corrected chi connectivity index (χ4v) is 0.194. The maximum atomic E-state index is 10.2. The number of primary amides is 2. The first-order valence-corrected chi connectivity index (χ1v) is 2.43. The number of carbonyl (C=O) groups is 2. The number of hydrogen-bond donors (Lipinski definition) is 3. The minimum atomic E-state index is -0.833. The van der Waals surface area contributed by atoms with Crippen LogP contribution in [0.5, 0.6) is 0 Å². The molecule has 0 radical (unpaired) electrons. The van der Waals surface area contributed by atoms with Crippen molar-refractivity contribution in [1.29, 1.82) is 0 Å². The maximum Gasteiger partial charge on any atom is 0.332 e. The second-order valence-corrected chi connectivity index (χ2v) is 1.54. The number of urea groups is 1. The van der Waals surface area contributed by atoms with Gasteiger partial charge in [0.05, 0.1) is 0 Å². The van der Waals surface area contributed by atoms with E-state index in [0.717, 1.165) is 0 Å². The van der Waals surface area contributed by atoms with Gasteiger partial charge in [-0.2, -0.15) is 5.10 Å². The summed E-state index contributed by atoms with van der Waals surface area (Å²) in [7, 11) is 0. The molecule has 0 aliphatic heterocycles. The number of amides is 3. The Balaban J connectivity index is 3.92. The number of nitrogens with zero attached hydrogens (tertiary/aromatic N) is 1. The van der Waals surface area contributed by atoms with Gasteiger partial charge in [0.1, 0.15) is 5.71 Å². The lowest BCUT2D eigenvalue weighted by molar-refractivity contribution is -0.112. The summed E-state index contributed by atoms with van der Waals surface area (Å²) in [5.74, 6) is -0.700. The normalized spacial score (nSPS) is 10.7. The summed E-state index contributed by atoms with van der Waals surface area (Å²) in [5.41, 5.74) is 11.2. The molecule has 3 amide bonds. The first-order chi connectivity index (χ1) is 4.54. The summed E-state index contributed by atoms with van der Waals surface area (Å²) in [6.07, 6.45) is 0. The van der Waals surface area contributed by atoms with Gasteiger partial charge in [0.25, 0.3) is 5.91 Å². The lowest BCUT2D eigenvalue weighted by Gasteiger charge is -1.92. The third-order valence-corrected chi connectivity index (χ3v) is 0.690. The van der Waals surface area contributed by atoms with E-state index in [1.54, 1.807) is 0 Å². The molecule has 6 heteroatoms. The Morgan fingerprint density at radius 2 is 1.90 bits per heavy atom. The zero-order valence-electron chi connectivity index (χ0n) is 5.42. The summed E-state index contributed by atoms with van der Waals surface area (Å²) >= 11 is 0. The van der Waals surface area contributed by atoms with Crippen molar-refractivity contribution in [1.82, 2.24) is 5.43 Å². The monoisotopic (exact) mass is 144 g/mol. The van der Waals surface area contributed by atoms with Crippen molar-refractivity contribution in [2.75, 3.05) is 0 Å². The maximum absolute atomic E-state index is 10.2. The molecule has 0 unspecified atom stereocenters. The molecule has 0 rings (SSSR count). The molecule has 0 spiro atoms. The Morgan fingerprint density at radius 3 is 2.20 bits per heavy atom. The fraction of sp³-hybridized carbons (Fsp3) is 0.250. The molecule has 6 nitrogen and oxygen atoms in total. The van der Waals surface area contributed by atoms with Crippen LogP contribution in [0.4, 0.5) is 4.79 Å². The Morgan fingerprint density at radius 1 is 1.40 bits per heavy atom. The van der Waals surface area contributed by atoms with Gasteiger partial charge in [-0.25, -0.2) is 10.2 Å². The first kappa shape index (κ1) is 8.41. The molecule has 0 aliphatic rings. The van der Waals surface area contributed by atoms with E-state index in [-0.39, 0.29) is 5.71 Å². The molecular weight excluding hydrogens is 136 g/mol. The molecule has 0 aromatic carbocycles. The van der Waals surface area contributed by atoms with E-state index >= 15 is 0 Å². The van der Waals surface area contributed by atoms with Gasteiger partial charge in [-0.15, -0.1) is 0 Å². The van der Waals surface area contributed by atoms with Crippen molar-refractivity contribution in [2.45, 2.75) is 6.92 Å². The Bertz CT molecular complexity index is 186. The molecule has 10 heavy (non-hydrogen) atoms. The van der Waals surface area contributed by atoms with Crippen LogP contribution in [-0.4, -0.2) is 17.6 Å². The van der Waals surface area contributed by atoms with Crippen LogP contribution in [0, 0.1) is 0 Å². The van der Waals surface area contributed by atoms with Crippen molar-refractivity contribution in [3.05, 3.63) is 0 Å². The summed E-state index contributed by atoms with van der Waals surface area (Å²) in [4.78, 5) is 20.2. The average Bonchev–Trinajstić information content (AvgIpc) is 1.82. The van der Waals surface area contributed by atoms with E-state index in [1.165, 1.54) is 6.92 Å². The Labute approximate surface area is 57.3 Å². The van der Waals surface area contributed by atoms with Crippen LogP contribution in [-0.2, 0) is 4.79 Å². The standard InChI is InChI=1S/C4H8N4O2/c1-2(3(5)9)7-8-4(6)10/h1H3,(H2,5,9)(H3,6,8,10)/b7-2+. The van der Waals surface area contributed by atoms with Crippen molar-refractivity contribution in [2.24, 2.45) is 16.6 Å². The molecule has 0 heterocycles. The van der Waals surface area contributed by atoms with Crippen LogP contribution in [0.1, 0.15) is 6.92 Å². The van der Waals surface area contributed by atoms with Crippen molar-refractivity contribution < 1.29 is 9.59 Å². The second kappa shape index (κ2) is 3.44. The van der Waals surface area contributed by atoms with Gasteiger partial charge >= 0.3 is 6.03 Å². The number of nitrogens with one attached hydrogen (secondary N) is 1. The molecular formula is C4H8N4O2. The van der Waals surface area contributed by atoms with Gasteiger partial charge in [0.2, 0.25) is 0 Å². The van der Waals surface area contributed by atoms with E-state index in [4.69, 9.17) is 5.73 Å². The van der Waals surface area contributed by atoms with E-state index in [0.29, 0.717) is 0 Å². The lowest BCUT2D eigenvalue weighted by Crippen LogP contribution is -2.29. The molecule has 0 bridgehead atoms. The highest BCUT2D eigenvalue weighted by Gasteiger charge is 1.97. The minimum absolute atomic E-state index is 0.00111.